The number of hydrogen-bond donors (Lipinski definition) is 1. The molecule has 1 aromatic heterocycles. The van der Waals surface area contributed by atoms with Crippen LogP contribution >= 0.6 is 0 Å². The molecule has 0 aliphatic carbocycles. The maximum Gasteiger partial charge on any atom is 0.222 e. The molecule has 4 nitrogen and oxygen atoms in total. The SMILES string of the molecule is CCCNc1ncnc(OCC(C)C)c1C(C)C. The van der Waals surface area contributed by atoms with E-state index in [4.69, 9.17) is 4.74 Å². The Labute approximate surface area is 110 Å². The molecule has 0 saturated carbocycles. The van der Waals surface area contributed by atoms with Gasteiger partial charge in [0.15, 0.2) is 0 Å². The van der Waals surface area contributed by atoms with E-state index >= 15 is 0 Å². The van der Waals surface area contributed by atoms with E-state index in [1.807, 2.05) is 0 Å². The van der Waals surface area contributed by atoms with Gasteiger partial charge in [0.2, 0.25) is 5.88 Å². The Morgan fingerprint density at radius 1 is 1.22 bits per heavy atom. The molecule has 1 N–H and O–H groups in total. The molecule has 0 aliphatic rings. The lowest BCUT2D eigenvalue weighted by molar-refractivity contribution is 0.257. The molecule has 0 bridgehead atoms. The minimum absolute atomic E-state index is 0.340. The van der Waals surface area contributed by atoms with Crippen LogP contribution < -0.4 is 10.1 Å². The van der Waals surface area contributed by atoms with Gasteiger partial charge in [-0.15, -0.1) is 0 Å². The normalized spacial score (nSPS) is 11.1. The van der Waals surface area contributed by atoms with Gasteiger partial charge >= 0.3 is 0 Å². The van der Waals surface area contributed by atoms with Crippen LogP contribution in [0.1, 0.15) is 52.5 Å². The van der Waals surface area contributed by atoms with Gasteiger partial charge in [-0.05, 0) is 18.3 Å². The highest BCUT2D eigenvalue weighted by Crippen LogP contribution is 2.30. The van der Waals surface area contributed by atoms with E-state index in [1.165, 1.54) is 0 Å². The van der Waals surface area contributed by atoms with Gasteiger partial charge < -0.3 is 10.1 Å². The molecular weight excluding hydrogens is 226 g/mol. The summed E-state index contributed by atoms with van der Waals surface area (Å²) in [7, 11) is 0. The second-order valence-electron chi connectivity index (χ2n) is 5.23. The van der Waals surface area contributed by atoms with Crippen LogP contribution in [0.2, 0.25) is 0 Å². The van der Waals surface area contributed by atoms with Gasteiger partial charge in [-0.25, -0.2) is 9.97 Å². The lowest BCUT2D eigenvalue weighted by atomic mass is 10.1. The molecule has 1 aromatic rings. The molecule has 0 fully saturated rings. The maximum atomic E-state index is 5.79. The van der Waals surface area contributed by atoms with E-state index in [1.54, 1.807) is 6.33 Å². The summed E-state index contributed by atoms with van der Waals surface area (Å²) in [6.07, 6.45) is 2.64. The fraction of sp³-hybridized carbons (Fsp3) is 0.714. The van der Waals surface area contributed by atoms with E-state index in [0.29, 0.717) is 24.3 Å². The van der Waals surface area contributed by atoms with Crippen molar-refractivity contribution in [1.82, 2.24) is 9.97 Å². The lowest BCUT2D eigenvalue weighted by Gasteiger charge is -2.17. The Balaban J connectivity index is 2.93. The van der Waals surface area contributed by atoms with Gasteiger partial charge in [0, 0.05) is 6.54 Å². The molecule has 0 aromatic carbocycles. The van der Waals surface area contributed by atoms with Crippen LogP contribution in [0.15, 0.2) is 6.33 Å². The molecule has 0 aliphatic heterocycles. The van der Waals surface area contributed by atoms with Gasteiger partial charge in [-0.1, -0.05) is 34.6 Å². The highest BCUT2D eigenvalue weighted by molar-refractivity contribution is 5.50. The van der Waals surface area contributed by atoms with E-state index in [9.17, 15) is 0 Å². The Morgan fingerprint density at radius 3 is 2.50 bits per heavy atom. The third-order valence-electron chi connectivity index (χ3n) is 2.52. The van der Waals surface area contributed by atoms with Gasteiger partial charge in [0.25, 0.3) is 0 Å². The van der Waals surface area contributed by atoms with Crippen LogP contribution in [0.25, 0.3) is 0 Å². The van der Waals surface area contributed by atoms with Crippen molar-refractivity contribution in [2.75, 3.05) is 18.5 Å². The molecule has 102 valence electrons. The number of rotatable bonds is 7. The standard InChI is InChI=1S/C14H25N3O/c1-6-7-15-13-12(11(4)5)14(17-9-16-13)18-8-10(2)3/h9-11H,6-8H2,1-5H3,(H,15,16,17). The second kappa shape index (κ2) is 7.19. The summed E-state index contributed by atoms with van der Waals surface area (Å²) in [4.78, 5) is 8.59. The molecule has 1 rings (SSSR count). The van der Waals surface area contributed by atoms with Crippen LogP contribution in [0.4, 0.5) is 5.82 Å². The van der Waals surface area contributed by atoms with Crippen molar-refractivity contribution in [1.29, 1.82) is 0 Å². The summed E-state index contributed by atoms with van der Waals surface area (Å²) in [5, 5.41) is 3.34. The maximum absolute atomic E-state index is 5.79. The van der Waals surface area contributed by atoms with Crippen molar-refractivity contribution in [2.24, 2.45) is 5.92 Å². The minimum atomic E-state index is 0.340. The van der Waals surface area contributed by atoms with Crippen molar-refractivity contribution in [3.05, 3.63) is 11.9 Å². The first-order valence-electron chi connectivity index (χ1n) is 6.77. The monoisotopic (exact) mass is 251 g/mol. The second-order valence-corrected chi connectivity index (χ2v) is 5.23. The van der Waals surface area contributed by atoms with Crippen LogP contribution in [-0.4, -0.2) is 23.1 Å². The Kier molecular flexibility index (Phi) is 5.89. The zero-order chi connectivity index (χ0) is 13.5. The van der Waals surface area contributed by atoms with E-state index < -0.39 is 0 Å². The largest absolute Gasteiger partial charge is 0.477 e. The molecule has 0 radical (unpaired) electrons. The predicted molar refractivity (Wildman–Crippen MR) is 75.2 cm³/mol. The van der Waals surface area contributed by atoms with Gasteiger partial charge in [0.1, 0.15) is 12.1 Å². The third kappa shape index (κ3) is 4.17. The Morgan fingerprint density at radius 2 is 1.94 bits per heavy atom. The molecule has 0 amide bonds. The quantitative estimate of drug-likeness (QED) is 0.806. The lowest BCUT2D eigenvalue weighted by Crippen LogP contribution is -2.12. The molecule has 0 spiro atoms. The number of ether oxygens (including phenoxy) is 1. The number of nitrogens with one attached hydrogen (secondary N) is 1. The number of hydrogen-bond acceptors (Lipinski definition) is 4. The molecule has 0 atom stereocenters. The smallest absolute Gasteiger partial charge is 0.222 e. The summed E-state index contributed by atoms with van der Waals surface area (Å²) in [5.74, 6) is 2.45. The average Bonchev–Trinajstić information content (AvgIpc) is 2.33. The van der Waals surface area contributed by atoms with Crippen LogP contribution in [0, 0.1) is 5.92 Å². The van der Waals surface area contributed by atoms with E-state index in [-0.39, 0.29) is 0 Å². The van der Waals surface area contributed by atoms with Crippen molar-refractivity contribution in [2.45, 2.75) is 47.0 Å². The molecule has 1 heterocycles. The van der Waals surface area contributed by atoms with Crippen molar-refractivity contribution in [3.63, 3.8) is 0 Å². The summed E-state index contributed by atoms with van der Waals surface area (Å²) in [6.45, 7) is 12.3. The van der Waals surface area contributed by atoms with Crippen LogP contribution in [0.5, 0.6) is 5.88 Å². The van der Waals surface area contributed by atoms with E-state index in [0.717, 1.165) is 24.3 Å². The van der Waals surface area contributed by atoms with Crippen LogP contribution in [0.3, 0.4) is 0 Å². The first-order chi connectivity index (χ1) is 8.56. The zero-order valence-corrected chi connectivity index (χ0v) is 12.2. The zero-order valence-electron chi connectivity index (χ0n) is 12.2. The first kappa shape index (κ1) is 14.7. The molecule has 0 saturated heterocycles. The number of aromatic nitrogens is 2. The fourth-order valence-corrected chi connectivity index (χ4v) is 1.64. The summed E-state index contributed by atoms with van der Waals surface area (Å²) in [5.41, 5.74) is 1.08. The highest BCUT2D eigenvalue weighted by Gasteiger charge is 2.16. The molecule has 18 heavy (non-hydrogen) atoms. The molecular formula is C14H25N3O. The topological polar surface area (TPSA) is 47.0 Å². The summed E-state index contributed by atoms with van der Waals surface area (Å²) < 4.78 is 5.79. The summed E-state index contributed by atoms with van der Waals surface area (Å²) in [6, 6.07) is 0. The van der Waals surface area contributed by atoms with Crippen molar-refractivity contribution < 1.29 is 4.74 Å². The molecule has 0 unspecified atom stereocenters. The Hall–Kier alpha value is -1.32. The minimum Gasteiger partial charge on any atom is -0.477 e. The predicted octanol–water partition coefficient (Wildman–Crippen LogP) is 3.46. The average molecular weight is 251 g/mol. The van der Waals surface area contributed by atoms with Crippen LogP contribution in [-0.2, 0) is 0 Å². The van der Waals surface area contributed by atoms with E-state index in [2.05, 4.69) is 49.9 Å². The highest BCUT2D eigenvalue weighted by atomic mass is 16.5. The number of anilines is 1. The van der Waals surface area contributed by atoms with Crippen molar-refractivity contribution >= 4 is 5.82 Å². The van der Waals surface area contributed by atoms with Gasteiger partial charge in [0.05, 0.1) is 12.2 Å². The summed E-state index contributed by atoms with van der Waals surface area (Å²) >= 11 is 0. The number of nitrogens with zero attached hydrogens (tertiary/aromatic N) is 2. The molecule has 4 heteroatoms. The first-order valence-corrected chi connectivity index (χ1v) is 6.77. The third-order valence-corrected chi connectivity index (χ3v) is 2.52. The van der Waals surface area contributed by atoms with Gasteiger partial charge in [-0.2, -0.15) is 0 Å². The fourth-order valence-electron chi connectivity index (χ4n) is 1.64. The van der Waals surface area contributed by atoms with Gasteiger partial charge in [-0.3, -0.25) is 0 Å². The Bertz CT molecular complexity index is 364. The van der Waals surface area contributed by atoms with Crippen molar-refractivity contribution in [3.8, 4) is 5.88 Å².